The molecule has 1 atom stereocenters. The van der Waals surface area contributed by atoms with Crippen molar-refractivity contribution >= 4 is 11.8 Å². The molecule has 1 aromatic carbocycles. The molecule has 2 rings (SSSR count). The Kier molecular flexibility index (Phi) is 4.07. The van der Waals surface area contributed by atoms with Crippen LogP contribution in [0.4, 0.5) is 5.88 Å². The number of aryl methyl sites for hydroxylation is 2. The predicted octanol–water partition coefficient (Wildman–Crippen LogP) is 3.30. The lowest BCUT2D eigenvalue weighted by Gasteiger charge is -2.16. The second kappa shape index (κ2) is 5.78. The molecule has 0 bridgehead atoms. The lowest BCUT2D eigenvalue weighted by atomic mass is 10.00. The van der Waals surface area contributed by atoms with Crippen molar-refractivity contribution in [3.8, 4) is 0 Å². The maximum absolute atomic E-state index is 12.0. The minimum atomic E-state index is -0.676. The number of hydrogen-bond acceptors (Lipinski definition) is 4. The second-order valence-electron chi connectivity index (χ2n) is 4.95. The second-order valence-corrected chi connectivity index (χ2v) is 4.95. The minimum Gasteiger partial charge on any atom is -0.395 e. The molecular formula is C15H16N2O4. The van der Waals surface area contributed by atoms with E-state index in [2.05, 4.69) is 5.32 Å². The molecule has 21 heavy (non-hydrogen) atoms. The van der Waals surface area contributed by atoms with Gasteiger partial charge in [-0.15, -0.1) is 0 Å². The van der Waals surface area contributed by atoms with Crippen molar-refractivity contribution in [3.05, 3.63) is 62.9 Å². The summed E-state index contributed by atoms with van der Waals surface area (Å²) >= 11 is 0. The highest BCUT2D eigenvalue weighted by atomic mass is 16.6. The number of hydrogen-bond donors (Lipinski definition) is 1. The summed E-state index contributed by atoms with van der Waals surface area (Å²) in [6.45, 7) is 5.81. The Labute approximate surface area is 121 Å². The van der Waals surface area contributed by atoms with Crippen molar-refractivity contribution < 1.29 is 14.1 Å². The fraction of sp³-hybridized carbons (Fsp3) is 0.267. The Hall–Kier alpha value is -2.63. The van der Waals surface area contributed by atoms with E-state index in [9.17, 15) is 14.9 Å². The van der Waals surface area contributed by atoms with Crippen LogP contribution in [0.2, 0.25) is 0 Å². The Morgan fingerprint density at radius 1 is 1.29 bits per heavy atom. The van der Waals surface area contributed by atoms with Gasteiger partial charge in [0.1, 0.15) is 4.92 Å². The van der Waals surface area contributed by atoms with E-state index in [0.29, 0.717) is 0 Å². The summed E-state index contributed by atoms with van der Waals surface area (Å²) in [7, 11) is 0. The van der Waals surface area contributed by atoms with Crippen molar-refractivity contribution in [1.82, 2.24) is 5.32 Å². The first-order valence-electron chi connectivity index (χ1n) is 6.50. The molecule has 0 saturated heterocycles. The molecule has 0 aliphatic heterocycles. The Morgan fingerprint density at radius 2 is 2.00 bits per heavy atom. The normalized spacial score (nSPS) is 12.0. The molecule has 0 radical (unpaired) electrons. The summed E-state index contributed by atoms with van der Waals surface area (Å²) in [6, 6.07) is 8.24. The van der Waals surface area contributed by atoms with Crippen LogP contribution in [0.5, 0.6) is 0 Å². The fourth-order valence-corrected chi connectivity index (χ4v) is 2.12. The molecule has 1 unspecified atom stereocenters. The quantitative estimate of drug-likeness (QED) is 0.691. The topological polar surface area (TPSA) is 85.4 Å². The van der Waals surface area contributed by atoms with Gasteiger partial charge >= 0.3 is 5.88 Å². The van der Waals surface area contributed by atoms with Crippen molar-refractivity contribution in [2.45, 2.75) is 26.8 Å². The maximum atomic E-state index is 12.0. The molecule has 6 nitrogen and oxygen atoms in total. The molecule has 0 aliphatic rings. The van der Waals surface area contributed by atoms with E-state index in [1.54, 1.807) is 0 Å². The Bertz CT molecular complexity index is 691. The summed E-state index contributed by atoms with van der Waals surface area (Å²) in [4.78, 5) is 21.9. The number of carbonyl (C=O) groups excluding carboxylic acids is 1. The first-order valence-corrected chi connectivity index (χ1v) is 6.50. The van der Waals surface area contributed by atoms with E-state index in [0.717, 1.165) is 22.8 Å². The lowest BCUT2D eigenvalue weighted by Crippen LogP contribution is -2.26. The van der Waals surface area contributed by atoms with Gasteiger partial charge in [0.25, 0.3) is 5.91 Å². The van der Waals surface area contributed by atoms with Gasteiger partial charge in [0.15, 0.2) is 5.76 Å². The van der Waals surface area contributed by atoms with E-state index < -0.39 is 16.7 Å². The smallest absolute Gasteiger partial charge is 0.395 e. The summed E-state index contributed by atoms with van der Waals surface area (Å²) in [6.07, 6.45) is 0. The van der Waals surface area contributed by atoms with E-state index in [1.165, 1.54) is 6.07 Å². The van der Waals surface area contributed by atoms with E-state index in [1.807, 2.05) is 39.0 Å². The van der Waals surface area contributed by atoms with Crippen LogP contribution in [0.3, 0.4) is 0 Å². The summed E-state index contributed by atoms with van der Waals surface area (Å²) in [5.74, 6) is -0.991. The first kappa shape index (κ1) is 14.8. The highest BCUT2D eigenvalue weighted by Gasteiger charge is 2.19. The molecule has 6 heteroatoms. The van der Waals surface area contributed by atoms with E-state index in [4.69, 9.17) is 4.42 Å². The molecule has 0 aliphatic carbocycles. The largest absolute Gasteiger partial charge is 0.433 e. The van der Waals surface area contributed by atoms with Crippen molar-refractivity contribution in [2.24, 2.45) is 0 Å². The third-order valence-electron chi connectivity index (χ3n) is 3.24. The van der Waals surface area contributed by atoms with Gasteiger partial charge in [-0.2, -0.15) is 0 Å². The van der Waals surface area contributed by atoms with Crippen LogP contribution in [-0.2, 0) is 0 Å². The van der Waals surface area contributed by atoms with Crippen LogP contribution in [0.25, 0.3) is 0 Å². The SMILES string of the molecule is Cc1ccc(C)c(C(C)NC(=O)c2ccc([N+](=O)[O-])o2)c1. The number of benzene rings is 1. The van der Waals surface area contributed by atoms with E-state index >= 15 is 0 Å². The van der Waals surface area contributed by atoms with Crippen LogP contribution in [0.15, 0.2) is 34.7 Å². The summed E-state index contributed by atoms with van der Waals surface area (Å²) < 4.78 is 4.89. The van der Waals surface area contributed by atoms with Gasteiger partial charge in [0, 0.05) is 0 Å². The van der Waals surface area contributed by atoms with Crippen LogP contribution >= 0.6 is 0 Å². The predicted molar refractivity (Wildman–Crippen MR) is 77.2 cm³/mol. The van der Waals surface area contributed by atoms with Crippen LogP contribution < -0.4 is 5.32 Å². The molecule has 0 saturated carbocycles. The van der Waals surface area contributed by atoms with Gasteiger partial charge in [-0.1, -0.05) is 23.8 Å². The average Bonchev–Trinajstić information content (AvgIpc) is 2.91. The third kappa shape index (κ3) is 3.28. The summed E-state index contributed by atoms with van der Waals surface area (Å²) in [5.41, 5.74) is 3.17. The molecule has 1 amide bonds. The van der Waals surface area contributed by atoms with Crippen molar-refractivity contribution in [1.29, 1.82) is 0 Å². The minimum absolute atomic E-state index is 0.0705. The highest BCUT2D eigenvalue weighted by molar-refractivity contribution is 5.92. The number of nitrogens with one attached hydrogen (secondary N) is 1. The molecule has 1 aromatic heterocycles. The number of carbonyl (C=O) groups is 1. The average molecular weight is 288 g/mol. The van der Waals surface area contributed by atoms with Gasteiger partial charge in [-0.05, 0) is 38.0 Å². The van der Waals surface area contributed by atoms with Gasteiger partial charge in [-0.25, -0.2) is 0 Å². The molecule has 1 heterocycles. The molecular weight excluding hydrogens is 272 g/mol. The maximum Gasteiger partial charge on any atom is 0.433 e. The van der Waals surface area contributed by atoms with Gasteiger partial charge in [0.2, 0.25) is 0 Å². The van der Waals surface area contributed by atoms with Crippen molar-refractivity contribution in [3.63, 3.8) is 0 Å². The Balaban J connectivity index is 2.14. The lowest BCUT2D eigenvalue weighted by molar-refractivity contribution is -0.402. The van der Waals surface area contributed by atoms with Crippen molar-refractivity contribution in [2.75, 3.05) is 0 Å². The number of amides is 1. The molecule has 0 fully saturated rings. The van der Waals surface area contributed by atoms with Crippen LogP contribution in [-0.4, -0.2) is 10.8 Å². The number of furan rings is 1. The monoisotopic (exact) mass is 288 g/mol. The molecule has 110 valence electrons. The summed E-state index contributed by atoms with van der Waals surface area (Å²) in [5, 5.41) is 13.3. The highest BCUT2D eigenvalue weighted by Crippen LogP contribution is 2.20. The number of nitro groups is 1. The molecule has 0 spiro atoms. The number of nitrogens with zero attached hydrogens (tertiary/aromatic N) is 1. The van der Waals surface area contributed by atoms with Crippen LogP contribution in [0.1, 0.15) is 40.2 Å². The standard InChI is InChI=1S/C15H16N2O4/c1-9-4-5-10(2)12(8-9)11(3)16-15(18)13-6-7-14(21-13)17(19)20/h4-8,11H,1-3H3,(H,16,18). The van der Waals surface area contributed by atoms with Gasteiger partial charge in [-0.3, -0.25) is 14.9 Å². The van der Waals surface area contributed by atoms with E-state index in [-0.39, 0.29) is 11.8 Å². The third-order valence-corrected chi connectivity index (χ3v) is 3.24. The zero-order chi connectivity index (χ0) is 15.6. The molecule has 2 aromatic rings. The number of rotatable bonds is 4. The fourth-order valence-electron chi connectivity index (χ4n) is 2.12. The first-order chi connectivity index (χ1) is 9.88. The zero-order valence-corrected chi connectivity index (χ0v) is 12.0. The van der Waals surface area contributed by atoms with Crippen LogP contribution in [0, 0.1) is 24.0 Å². The zero-order valence-electron chi connectivity index (χ0n) is 12.0. The van der Waals surface area contributed by atoms with Gasteiger partial charge in [0.05, 0.1) is 12.1 Å². The molecule has 1 N–H and O–H groups in total. The Morgan fingerprint density at radius 3 is 2.62 bits per heavy atom. The van der Waals surface area contributed by atoms with Gasteiger partial charge < -0.3 is 9.73 Å².